The van der Waals surface area contributed by atoms with E-state index in [4.69, 9.17) is 0 Å². The first kappa shape index (κ1) is 9.98. The number of hydrogen-bond donors (Lipinski definition) is 2. The predicted molar refractivity (Wildman–Crippen MR) is 55.1 cm³/mol. The maximum absolute atomic E-state index is 11.2. The van der Waals surface area contributed by atoms with Crippen LogP contribution in [0.3, 0.4) is 0 Å². The first-order chi connectivity index (χ1) is 6.13. The molecule has 1 heterocycles. The minimum atomic E-state index is -0.0121. The van der Waals surface area contributed by atoms with E-state index < -0.39 is 0 Å². The molecule has 0 aromatic carbocycles. The van der Waals surface area contributed by atoms with E-state index in [0.717, 1.165) is 5.00 Å². The van der Waals surface area contributed by atoms with Gasteiger partial charge in [-0.15, -0.1) is 0 Å². The fourth-order valence-electron chi connectivity index (χ4n) is 0.697. The molecule has 0 unspecified atom stereocenters. The lowest BCUT2D eigenvalue weighted by Crippen LogP contribution is -2.17. The highest BCUT2D eigenvalue weighted by Crippen LogP contribution is 2.22. The van der Waals surface area contributed by atoms with E-state index in [-0.39, 0.29) is 11.8 Å². The van der Waals surface area contributed by atoms with Gasteiger partial charge in [-0.05, 0) is 0 Å². The third-order valence-corrected chi connectivity index (χ3v) is 2.44. The highest BCUT2D eigenvalue weighted by molar-refractivity contribution is 7.19. The number of thiazole rings is 1. The lowest BCUT2D eigenvalue weighted by molar-refractivity contribution is -0.118. The van der Waals surface area contributed by atoms with Gasteiger partial charge in [0, 0.05) is 13.0 Å². The topological polar surface area (TPSA) is 54.0 Å². The van der Waals surface area contributed by atoms with Gasteiger partial charge >= 0.3 is 0 Å². The van der Waals surface area contributed by atoms with E-state index in [2.05, 4.69) is 15.6 Å². The number of amides is 1. The molecule has 4 nitrogen and oxygen atoms in total. The number of nitrogens with zero attached hydrogens (tertiary/aromatic N) is 1. The van der Waals surface area contributed by atoms with Crippen LogP contribution in [-0.4, -0.2) is 17.9 Å². The van der Waals surface area contributed by atoms with Crippen LogP contribution in [0, 0.1) is 5.92 Å². The van der Waals surface area contributed by atoms with E-state index in [1.165, 1.54) is 11.3 Å². The van der Waals surface area contributed by atoms with Gasteiger partial charge in [-0.25, -0.2) is 4.98 Å². The third kappa shape index (κ3) is 2.69. The van der Waals surface area contributed by atoms with Crippen LogP contribution >= 0.6 is 11.3 Å². The molecule has 0 aliphatic carbocycles. The van der Waals surface area contributed by atoms with Crippen LogP contribution in [0.4, 0.5) is 10.1 Å². The average Bonchev–Trinajstić information content (AvgIpc) is 2.52. The highest BCUT2D eigenvalue weighted by atomic mass is 32.1. The Morgan fingerprint density at radius 2 is 2.31 bits per heavy atom. The quantitative estimate of drug-likeness (QED) is 0.780. The largest absolute Gasteiger partial charge is 0.379 e. The van der Waals surface area contributed by atoms with Crippen LogP contribution in [0.1, 0.15) is 13.8 Å². The van der Waals surface area contributed by atoms with Crippen LogP contribution in [0.5, 0.6) is 0 Å². The molecule has 1 aromatic heterocycles. The second kappa shape index (κ2) is 4.23. The van der Waals surface area contributed by atoms with E-state index in [9.17, 15) is 4.79 Å². The van der Waals surface area contributed by atoms with Crippen molar-refractivity contribution >= 4 is 27.4 Å². The summed E-state index contributed by atoms with van der Waals surface area (Å²) in [4.78, 5) is 15.3. The zero-order chi connectivity index (χ0) is 9.84. The fraction of sp³-hybridized carbons (Fsp3) is 0.500. The van der Waals surface area contributed by atoms with Crippen LogP contribution in [0.15, 0.2) is 6.20 Å². The molecule has 72 valence electrons. The Kier molecular flexibility index (Phi) is 3.25. The maximum Gasteiger partial charge on any atom is 0.228 e. The Bertz CT molecular complexity index is 295. The van der Waals surface area contributed by atoms with Crippen LogP contribution in [0.25, 0.3) is 0 Å². The van der Waals surface area contributed by atoms with Crippen molar-refractivity contribution in [3.63, 3.8) is 0 Å². The Morgan fingerprint density at radius 3 is 2.77 bits per heavy atom. The van der Waals surface area contributed by atoms with Gasteiger partial charge in [0.2, 0.25) is 5.91 Å². The summed E-state index contributed by atoms with van der Waals surface area (Å²) in [5.41, 5.74) is 0. The van der Waals surface area contributed by atoms with Gasteiger partial charge in [0.1, 0.15) is 5.00 Å². The molecule has 0 spiro atoms. The van der Waals surface area contributed by atoms with Crippen molar-refractivity contribution in [2.24, 2.45) is 5.92 Å². The molecule has 5 heteroatoms. The van der Waals surface area contributed by atoms with Crippen LogP contribution in [-0.2, 0) is 4.79 Å². The summed E-state index contributed by atoms with van der Waals surface area (Å²) < 4.78 is 0. The second-order valence-electron chi connectivity index (χ2n) is 2.92. The zero-order valence-corrected chi connectivity index (χ0v) is 8.73. The lowest BCUT2D eigenvalue weighted by Gasteiger charge is -2.02. The number of hydrogen-bond acceptors (Lipinski definition) is 4. The van der Waals surface area contributed by atoms with Gasteiger partial charge in [0.05, 0.1) is 6.20 Å². The Morgan fingerprint density at radius 1 is 1.62 bits per heavy atom. The van der Waals surface area contributed by atoms with Gasteiger partial charge in [-0.3, -0.25) is 4.79 Å². The highest BCUT2D eigenvalue weighted by Gasteiger charge is 2.09. The normalized spacial score (nSPS) is 10.2. The number of carbonyl (C=O) groups excluding carboxylic acids is 1. The van der Waals surface area contributed by atoms with Crippen molar-refractivity contribution in [3.8, 4) is 0 Å². The minimum Gasteiger partial charge on any atom is -0.379 e. The maximum atomic E-state index is 11.2. The first-order valence-corrected chi connectivity index (χ1v) is 4.89. The molecule has 0 aliphatic heterocycles. The summed E-state index contributed by atoms with van der Waals surface area (Å²) in [6, 6.07) is 0. The molecule has 0 fully saturated rings. The third-order valence-electron chi connectivity index (χ3n) is 1.51. The molecule has 0 bridgehead atoms. The number of rotatable bonds is 3. The number of carbonyl (C=O) groups is 1. The van der Waals surface area contributed by atoms with Crippen LogP contribution in [0.2, 0.25) is 0 Å². The standard InChI is InChI=1S/C8H13N3OS/c1-5(2)7(12)11-8-10-4-6(9-3)13-8/h4-5,9H,1-3H3,(H,10,11,12). The molecule has 0 aliphatic rings. The summed E-state index contributed by atoms with van der Waals surface area (Å²) in [7, 11) is 1.82. The summed E-state index contributed by atoms with van der Waals surface area (Å²) in [6.07, 6.45) is 1.70. The van der Waals surface area contributed by atoms with E-state index >= 15 is 0 Å². The van der Waals surface area contributed by atoms with E-state index in [0.29, 0.717) is 5.13 Å². The summed E-state index contributed by atoms with van der Waals surface area (Å²) in [5.74, 6) is -0.0149. The number of anilines is 2. The molecule has 1 aromatic rings. The Labute approximate surface area is 81.4 Å². The van der Waals surface area contributed by atoms with Crippen molar-refractivity contribution in [3.05, 3.63) is 6.20 Å². The smallest absolute Gasteiger partial charge is 0.228 e. The lowest BCUT2D eigenvalue weighted by atomic mass is 10.2. The SMILES string of the molecule is CNc1cnc(NC(=O)C(C)C)s1. The molecule has 0 saturated carbocycles. The molecule has 1 amide bonds. The molecule has 0 saturated heterocycles. The first-order valence-electron chi connectivity index (χ1n) is 4.08. The Balaban J connectivity index is 2.59. The Hall–Kier alpha value is -1.10. The van der Waals surface area contributed by atoms with Crippen molar-refractivity contribution < 1.29 is 4.79 Å². The summed E-state index contributed by atoms with van der Waals surface area (Å²) in [5, 5.41) is 7.26. The average molecular weight is 199 g/mol. The van der Waals surface area contributed by atoms with Gasteiger partial charge in [0.25, 0.3) is 0 Å². The molecule has 0 atom stereocenters. The van der Waals surface area contributed by atoms with Gasteiger partial charge in [-0.2, -0.15) is 0 Å². The number of nitrogens with one attached hydrogen (secondary N) is 2. The zero-order valence-electron chi connectivity index (χ0n) is 7.92. The number of aromatic nitrogens is 1. The molecular weight excluding hydrogens is 186 g/mol. The molecule has 13 heavy (non-hydrogen) atoms. The van der Waals surface area contributed by atoms with E-state index in [1.807, 2.05) is 20.9 Å². The van der Waals surface area contributed by atoms with E-state index in [1.54, 1.807) is 6.20 Å². The van der Waals surface area contributed by atoms with Crippen molar-refractivity contribution in [1.29, 1.82) is 0 Å². The minimum absolute atomic E-state index is 0.00277. The molecule has 2 N–H and O–H groups in total. The molecule has 0 radical (unpaired) electrons. The van der Waals surface area contributed by atoms with Crippen molar-refractivity contribution in [2.75, 3.05) is 17.7 Å². The molecule has 1 rings (SSSR count). The van der Waals surface area contributed by atoms with Gasteiger partial charge < -0.3 is 10.6 Å². The van der Waals surface area contributed by atoms with Crippen molar-refractivity contribution in [1.82, 2.24) is 4.98 Å². The van der Waals surface area contributed by atoms with Gasteiger partial charge in [-0.1, -0.05) is 25.2 Å². The molecular formula is C8H13N3OS. The fourth-order valence-corrected chi connectivity index (χ4v) is 1.37. The second-order valence-corrected chi connectivity index (χ2v) is 3.95. The summed E-state index contributed by atoms with van der Waals surface area (Å²) in [6.45, 7) is 3.70. The van der Waals surface area contributed by atoms with Crippen LogP contribution < -0.4 is 10.6 Å². The monoisotopic (exact) mass is 199 g/mol. The van der Waals surface area contributed by atoms with Crippen molar-refractivity contribution in [2.45, 2.75) is 13.8 Å². The summed E-state index contributed by atoms with van der Waals surface area (Å²) >= 11 is 1.42. The predicted octanol–water partition coefficient (Wildman–Crippen LogP) is 1.78. The van der Waals surface area contributed by atoms with Gasteiger partial charge in [0.15, 0.2) is 5.13 Å².